The predicted molar refractivity (Wildman–Crippen MR) is 55.5 cm³/mol. The molecule has 0 spiro atoms. The highest BCUT2D eigenvalue weighted by molar-refractivity contribution is 7.87. The molecule has 0 radical (unpaired) electrons. The lowest BCUT2D eigenvalue weighted by atomic mass is 10.5. The van der Waals surface area contributed by atoms with Crippen LogP contribution in [0.3, 0.4) is 0 Å². The van der Waals surface area contributed by atoms with E-state index in [0.29, 0.717) is 0 Å². The Morgan fingerprint density at radius 2 is 2.00 bits per heavy atom. The normalized spacial score (nSPS) is 13.3. The van der Waals surface area contributed by atoms with Gasteiger partial charge >= 0.3 is 6.18 Å². The number of halogens is 3. The molecule has 0 rings (SSSR count). The van der Waals surface area contributed by atoms with Gasteiger partial charge in [0.15, 0.2) is 0 Å². The lowest BCUT2D eigenvalue weighted by molar-refractivity contribution is -0.136. The summed E-state index contributed by atoms with van der Waals surface area (Å²) < 4.78 is 66.2. The minimum Gasteiger partial charge on any atom is -0.383 e. The highest BCUT2D eigenvalue weighted by atomic mass is 32.2. The van der Waals surface area contributed by atoms with Crippen LogP contribution in [-0.2, 0) is 14.9 Å². The van der Waals surface area contributed by atoms with Crippen molar-refractivity contribution >= 4 is 10.2 Å². The average Bonchev–Trinajstić information content (AvgIpc) is 2.15. The molecule has 0 atom stereocenters. The molecule has 0 aliphatic heterocycles. The molecule has 17 heavy (non-hydrogen) atoms. The van der Waals surface area contributed by atoms with Crippen molar-refractivity contribution in [1.29, 1.82) is 0 Å². The molecule has 0 aliphatic rings. The molecular formula is C7H16F3N3O3S. The summed E-state index contributed by atoms with van der Waals surface area (Å²) >= 11 is 0. The standard InChI is InChI=1S/C7H16F3N3O3S/c1-16-5-3-12-17(14,15)13(4-2-11)6-7(8,9)10/h12H,2-6,11H2,1H3. The van der Waals surface area contributed by atoms with Crippen molar-refractivity contribution in [2.24, 2.45) is 5.73 Å². The highest BCUT2D eigenvalue weighted by Gasteiger charge is 2.35. The topological polar surface area (TPSA) is 84.7 Å². The second-order valence-electron chi connectivity index (χ2n) is 3.13. The van der Waals surface area contributed by atoms with E-state index < -0.39 is 29.5 Å². The van der Waals surface area contributed by atoms with Crippen molar-refractivity contribution in [3.8, 4) is 0 Å². The van der Waals surface area contributed by atoms with Gasteiger partial charge in [-0.05, 0) is 0 Å². The summed E-state index contributed by atoms with van der Waals surface area (Å²) in [7, 11) is -2.84. The van der Waals surface area contributed by atoms with Crippen LogP contribution >= 0.6 is 0 Å². The number of nitrogens with two attached hydrogens (primary N) is 1. The van der Waals surface area contributed by atoms with Crippen LogP contribution in [0.15, 0.2) is 0 Å². The van der Waals surface area contributed by atoms with Gasteiger partial charge < -0.3 is 10.5 Å². The summed E-state index contributed by atoms with van der Waals surface area (Å²) in [5.74, 6) is 0. The Balaban J connectivity index is 4.56. The van der Waals surface area contributed by atoms with Crippen molar-refractivity contribution in [3.05, 3.63) is 0 Å². The molecule has 0 saturated heterocycles. The minimum atomic E-state index is -4.61. The summed E-state index contributed by atoms with van der Waals surface area (Å²) in [5.41, 5.74) is 5.07. The molecular weight excluding hydrogens is 263 g/mol. The van der Waals surface area contributed by atoms with Crippen molar-refractivity contribution in [2.75, 3.05) is 39.9 Å². The number of rotatable bonds is 8. The van der Waals surface area contributed by atoms with Gasteiger partial charge in [0, 0.05) is 26.7 Å². The third kappa shape index (κ3) is 7.49. The van der Waals surface area contributed by atoms with Crippen LogP contribution in [0.1, 0.15) is 0 Å². The first-order valence-corrected chi connectivity index (χ1v) is 6.17. The highest BCUT2D eigenvalue weighted by Crippen LogP contribution is 2.17. The monoisotopic (exact) mass is 279 g/mol. The lowest BCUT2D eigenvalue weighted by Crippen LogP contribution is -2.47. The smallest absolute Gasteiger partial charge is 0.383 e. The third-order valence-corrected chi connectivity index (χ3v) is 3.23. The van der Waals surface area contributed by atoms with Gasteiger partial charge in [0.2, 0.25) is 0 Å². The molecule has 0 saturated carbocycles. The second-order valence-corrected chi connectivity index (χ2v) is 4.88. The van der Waals surface area contributed by atoms with Crippen molar-refractivity contribution in [3.63, 3.8) is 0 Å². The fourth-order valence-electron chi connectivity index (χ4n) is 0.992. The molecule has 104 valence electrons. The van der Waals surface area contributed by atoms with Gasteiger partial charge in [-0.1, -0.05) is 0 Å². The van der Waals surface area contributed by atoms with E-state index in [2.05, 4.69) is 4.74 Å². The molecule has 0 amide bonds. The van der Waals surface area contributed by atoms with E-state index in [1.165, 1.54) is 7.11 Å². The molecule has 0 unspecified atom stereocenters. The first kappa shape index (κ1) is 16.6. The van der Waals surface area contributed by atoms with Gasteiger partial charge in [0.05, 0.1) is 6.61 Å². The SMILES string of the molecule is COCCNS(=O)(=O)N(CCN)CC(F)(F)F. The Bertz CT molecular complexity index is 307. The van der Waals surface area contributed by atoms with Gasteiger partial charge in [-0.25, -0.2) is 0 Å². The van der Waals surface area contributed by atoms with Crippen LogP contribution in [0.5, 0.6) is 0 Å². The van der Waals surface area contributed by atoms with Crippen LogP contribution < -0.4 is 10.5 Å². The van der Waals surface area contributed by atoms with E-state index in [-0.39, 0.29) is 24.0 Å². The van der Waals surface area contributed by atoms with E-state index >= 15 is 0 Å². The van der Waals surface area contributed by atoms with Gasteiger partial charge in [-0.3, -0.25) is 0 Å². The van der Waals surface area contributed by atoms with Gasteiger partial charge in [-0.2, -0.15) is 30.6 Å². The van der Waals surface area contributed by atoms with Gasteiger partial charge in [0.1, 0.15) is 6.54 Å². The largest absolute Gasteiger partial charge is 0.402 e. The molecule has 0 fully saturated rings. The molecule has 0 aromatic heterocycles. The fourth-order valence-corrected chi connectivity index (χ4v) is 2.18. The maximum absolute atomic E-state index is 12.1. The zero-order valence-corrected chi connectivity index (χ0v) is 10.1. The number of alkyl halides is 3. The lowest BCUT2D eigenvalue weighted by Gasteiger charge is -2.22. The fraction of sp³-hybridized carbons (Fsp3) is 1.00. The summed E-state index contributed by atoms with van der Waals surface area (Å²) in [6.45, 7) is -2.19. The Labute approximate surface area is 98.1 Å². The molecule has 0 aromatic rings. The van der Waals surface area contributed by atoms with E-state index in [1.54, 1.807) is 0 Å². The van der Waals surface area contributed by atoms with Crippen LogP contribution in [0.4, 0.5) is 13.2 Å². The first-order valence-electron chi connectivity index (χ1n) is 4.73. The maximum Gasteiger partial charge on any atom is 0.402 e. The molecule has 0 bridgehead atoms. The Kier molecular flexibility index (Phi) is 6.94. The zero-order valence-electron chi connectivity index (χ0n) is 9.33. The number of ether oxygens (including phenoxy) is 1. The van der Waals surface area contributed by atoms with Crippen LogP contribution in [0.25, 0.3) is 0 Å². The molecule has 6 nitrogen and oxygen atoms in total. The Morgan fingerprint density at radius 1 is 1.41 bits per heavy atom. The van der Waals surface area contributed by atoms with E-state index in [1.807, 2.05) is 4.72 Å². The molecule has 10 heteroatoms. The number of nitrogens with zero attached hydrogens (tertiary/aromatic N) is 1. The van der Waals surface area contributed by atoms with E-state index in [4.69, 9.17) is 5.73 Å². The van der Waals surface area contributed by atoms with Gasteiger partial charge in [-0.15, -0.1) is 0 Å². The van der Waals surface area contributed by atoms with Crippen LogP contribution in [0.2, 0.25) is 0 Å². The van der Waals surface area contributed by atoms with Crippen LogP contribution in [0, 0.1) is 0 Å². The number of methoxy groups -OCH3 is 1. The summed E-state index contributed by atoms with van der Waals surface area (Å²) in [5, 5.41) is 0. The maximum atomic E-state index is 12.1. The molecule has 3 N–H and O–H groups in total. The third-order valence-electron chi connectivity index (χ3n) is 1.66. The zero-order chi connectivity index (χ0) is 13.5. The quantitative estimate of drug-likeness (QED) is 0.575. The molecule has 0 heterocycles. The van der Waals surface area contributed by atoms with E-state index in [9.17, 15) is 21.6 Å². The summed E-state index contributed by atoms with van der Waals surface area (Å²) in [6.07, 6.45) is -4.61. The second kappa shape index (κ2) is 7.11. The number of nitrogens with one attached hydrogen (secondary N) is 1. The van der Waals surface area contributed by atoms with Crippen LogP contribution in [-0.4, -0.2) is 58.8 Å². The molecule has 0 aliphatic carbocycles. The average molecular weight is 279 g/mol. The summed E-state index contributed by atoms with van der Waals surface area (Å²) in [6, 6.07) is 0. The van der Waals surface area contributed by atoms with Gasteiger partial charge in [0.25, 0.3) is 10.2 Å². The predicted octanol–water partition coefficient (Wildman–Crippen LogP) is -0.710. The Morgan fingerprint density at radius 3 is 2.41 bits per heavy atom. The Hall–Kier alpha value is -0.420. The number of hydrogen-bond acceptors (Lipinski definition) is 4. The van der Waals surface area contributed by atoms with E-state index in [0.717, 1.165) is 0 Å². The van der Waals surface area contributed by atoms with Crippen molar-refractivity contribution in [2.45, 2.75) is 6.18 Å². The first-order chi connectivity index (χ1) is 7.73. The van der Waals surface area contributed by atoms with Crippen molar-refractivity contribution < 1.29 is 26.3 Å². The van der Waals surface area contributed by atoms with Crippen molar-refractivity contribution in [1.82, 2.24) is 9.03 Å². The molecule has 0 aromatic carbocycles. The summed E-state index contributed by atoms with van der Waals surface area (Å²) in [4.78, 5) is 0. The number of hydrogen-bond donors (Lipinski definition) is 2. The minimum absolute atomic E-state index is 0.0711.